The molecule has 1 aromatic rings. The highest BCUT2D eigenvalue weighted by Gasteiger charge is 2.26. The molecule has 21 heavy (non-hydrogen) atoms. The zero-order valence-electron chi connectivity index (χ0n) is 12.6. The van der Waals surface area contributed by atoms with Crippen LogP contribution >= 0.6 is 0 Å². The van der Waals surface area contributed by atoms with Crippen LogP contribution in [0.5, 0.6) is 0 Å². The summed E-state index contributed by atoms with van der Waals surface area (Å²) in [6.07, 6.45) is 1.95. The van der Waals surface area contributed by atoms with Crippen molar-refractivity contribution in [3.63, 3.8) is 0 Å². The van der Waals surface area contributed by atoms with Gasteiger partial charge in [-0.05, 0) is 32.9 Å². The van der Waals surface area contributed by atoms with Gasteiger partial charge in [-0.3, -0.25) is 4.79 Å². The van der Waals surface area contributed by atoms with Gasteiger partial charge in [0, 0.05) is 13.1 Å². The van der Waals surface area contributed by atoms with Gasteiger partial charge >= 0.3 is 0 Å². The Balaban J connectivity index is 0.000000383. The summed E-state index contributed by atoms with van der Waals surface area (Å²) in [6, 6.07) is 6.98. The van der Waals surface area contributed by atoms with Gasteiger partial charge in [-0.15, -0.1) is 0 Å². The first-order valence-electron chi connectivity index (χ1n) is 6.69. The summed E-state index contributed by atoms with van der Waals surface area (Å²) < 4.78 is 30.0. The molecule has 0 N–H and O–H groups in total. The van der Waals surface area contributed by atoms with Crippen LogP contribution in [0.2, 0.25) is 0 Å². The molecule has 1 aliphatic heterocycles. The molecule has 2 rings (SSSR count). The summed E-state index contributed by atoms with van der Waals surface area (Å²) in [4.78, 5) is 9.56. The van der Waals surface area contributed by atoms with Gasteiger partial charge in [0.1, 0.15) is 0 Å². The highest BCUT2D eigenvalue weighted by Crippen LogP contribution is 2.20. The van der Waals surface area contributed by atoms with E-state index < -0.39 is 10.0 Å². The molecule has 0 aliphatic carbocycles. The lowest BCUT2D eigenvalue weighted by atomic mass is 10.2. The van der Waals surface area contributed by atoms with Crippen LogP contribution < -0.4 is 0 Å². The Kier molecular flexibility index (Phi) is 6.58. The first-order chi connectivity index (χ1) is 9.91. The van der Waals surface area contributed by atoms with Crippen LogP contribution in [0, 0.1) is 6.92 Å². The number of hydrogen-bond donors (Lipinski definition) is 0. The molecule has 0 aromatic heterocycles. The molecule has 116 valence electrons. The molecule has 0 amide bonds. The normalized spacial score (nSPS) is 14.9. The molecule has 0 fully saturated rings. The Morgan fingerprint density at radius 3 is 2.24 bits per heavy atom. The fourth-order valence-electron chi connectivity index (χ4n) is 1.78. The molecular formula is C15H21NO4S. The van der Waals surface area contributed by atoms with Crippen molar-refractivity contribution in [2.45, 2.75) is 25.7 Å². The largest absolute Gasteiger partial charge is 0.468 e. The first-order valence-corrected chi connectivity index (χ1v) is 8.13. The van der Waals surface area contributed by atoms with E-state index in [1.54, 1.807) is 19.1 Å². The van der Waals surface area contributed by atoms with Gasteiger partial charge < -0.3 is 4.74 Å². The molecule has 0 atom stereocenters. The summed E-state index contributed by atoms with van der Waals surface area (Å²) in [6.45, 7) is 7.55. The van der Waals surface area contributed by atoms with Gasteiger partial charge in [0.05, 0.1) is 11.5 Å². The second-order valence-electron chi connectivity index (χ2n) is 4.71. The molecular weight excluding hydrogens is 290 g/mol. The van der Waals surface area contributed by atoms with E-state index >= 15 is 0 Å². The summed E-state index contributed by atoms with van der Waals surface area (Å²) in [7, 11) is -3.31. The Bertz CT molecular complexity index is 591. The van der Waals surface area contributed by atoms with Crippen molar-refractivity contribution in [2.24, 2.45) is 0 Å². The fourth-order valence-corrected chi connectivity index (χ4v) is 3.20. The molecule has 0 bridgehead atoms. The summed E-state index contributed by atoms with van der Waals surface area (Å²) in [5.74, 6) is 0. The summed E-state index contributed by atoms with van der Waals surface area (Å²) >= 11 is 0. The minimum absolute atomic E-state index is 0.376. The van der Waals surface area contributed by atoms with Crippen molar-refractivity contribution < 1.29 is 17.9 Å². The smallest absolute Gasteiger partial charge is 0.293 e. The van der Waals surface area contributed by atoms with Crippen LogP contribution in [0.15, 0.2) is 40.8 Å². The SMILES string of the molecule is CC1=CCN(S(=O)(=O)c2ccc(C)cc2)C1.CCOC=O. The maximum Gasteiger partial charge on any atom is 0.293 e. The van der Waals surface area contributed by atoms with E-state index in [1.165, 1.54) is 4.31 Å². The maximum absolute atomic E-state index is 12.2. The molecule has 5 nitrogen and oxygen atoms in total. The standard InChI is InChI=1S/C12H15NO2S.C3H6O2/c1-10-3-5-12(6-4-10)16(14,15)13-8-7-11(2)9-13;1-2-5-3-4/h3-7H,8-9H2,1-2H3;3H,2H2,1H3. The lowest BCUT2D eigenvalue weighted by Gasteiger charge is -2.16. The summed E-state index contributed by atoms with van der Waals surface area (Å²) in [5, 5.41) is 0. The third-order valence-electron chi connectivity index (χ3n) is 2.96. The average molecular weight is 311 g/mol. The second-order valence-corrected chi connectivity index (χ2v) is 6.65. The van der Waals surface area contributed by atoms with Gasteiger partial charge in [-0.25, -0.2) is 8.42 Å². The minimum Gasteiger partial charge on any atom is -0.468 e. The fraction of sp³-hybridized carbons (Fsp3) is 0.400. The number of hydrogen-bond acceptors (Lipinski definition) is 4. The third-order valence-corrected chi connectivity index (χ3v) is 4.79. The highest BCUT2D eigenvalue weighted by atomic mass is 32.2. The lowest BCUT2D eigenvalue weighted by molar-refractivity contribution is -0.128. The van der Waals surface area contributed by atoms with E-state index in [0.29, 0.717) is 31.1 Å². The van der Waals surface area contributed by atoms with Crippen LogP contribution in [0.4, 0.5) is 0 Å². The topological polar surface area (TPSA) is 63.7 Å². The zero-order valence-corrected chi connectivity index (χ0v) is 13.4. The minimum atomic E-state index is -3.31. The number of carbonyl (C=O) groups excluding carboxylic acids is 1. The van der Waals surface area contributed by atoms with E-state index in [4.69, 9.17) is 0 Å². The van der Waals surface area contributed by atoms with Crippen LogP contribution in [0.3, 0.4) is 0 Å². The highest BCUT2D eigenvalue weighted by molar-refractivity contribution is 7.89. The van der Waals surface area contributed by atoms with Crippen LogP contribution in [-0.2, 0) is 19.6 Å². The second kappa shape index (κ2) is 7.95. The van der Waals surface area contributed by atoms with Crippen LogP contribution in [-0.4, -0.2) is 38.9 Å². The first kappa shape index (κ1) is 17.4. The third kappa shape index (κ3) is 4.99. The number of aryl methyl sites for hydroxylation is 1. The maximum atomic E-state index is 12.2. The van der Waals surface area contributed by atoms with Gasteiger partial charge in [-0.2, -0.15) is 4.31 Å². The van der Waals surface area contributed by atoms with Crippen molar-refractivity contribution in [1.82, 2.24) is 4.31 Å². The lowest BCUT2D eigenvalue weighted by Crippen LogP contribution is -2.28. The molecule has 0 saturated carbocycles. The number of ether oxygens (including phenoxy) is 1. The van der Waals surface area contributed by atoms with Gasteiger partial charge in [0.2, 0.25) is 10.0 Å². The van der Waals surface area contributed by atoms with Crippen molar-refractivity contribution in [3.8, 4) is 0 Å². The van der Waals surface area contributed by atoms with Crippen molar-refractivity contribution in [1.29, 1.82) is 0 Å². The summed E-state index contributed by atoms with van der Waals surface area (Å²) in [5.41, 5.74) is 2.17. The predicted octanol–water partition coefficient (Wildman–Crippen LogP) is 2.12. The Hall–Kier alpha value is -1.66. The molecule has 1 heterocycles. The van der Waals surface area contributed by atoms with Gasteiger partial charge in [0.15, 0.2) is 0 Å². The molecule has 0 spiro atoms. The Morgan fingerprint density at radius 2 is 1.86 bits per heavy atom. The van der Waals surface area contributed by atoms with E-state index in [-0.39, 0.29) is 0 Å². The van der Waals surface area contributed by atoms with Crippen LogP contribution in [0.25, 0.3) is 0 Å². The van der Waals surface area contributed by atoms with Crippen molar-refractivity contribution in [3.05, 3.63) is 41.5 Å². The molecule has 0 unspecified atom stereocenters. The number of rotatable bonds is 4. The number of benzene rings is 1. The predicted molar refractivity (Wildman–Crippen MR) is 81.4 cm³/mol. The number of carbonyl (C=O) groups is 1. The number of nitrogens with zero attached hydrogens (tertiary/aromatic N) is 1. The van der Waals surface area contributed by atoms with Crippen LogP contribution in [0.1, 0.15) is 19.4 Å². The van der Waals surface area contributed by atoms with E-state index in [2.05, 4.69) is 4.74 Å². The monoisotopic (exact) mass is 311 g/mol. The van der Waals surface area contributed by atoms with Crippen molar-refractivity contribution >= 4 is 16.5 Å². The molecule has 1 aliphatic rings. The van der Waals surface area contributed by atoms with E-state index in [1.807, 2.05) is 32.1 Å². The van der Waals surface area contributed by atoms with E-state index in [9.17, 15) is 13.2 Å². The zero-order chi connectivity index (χ0) is 15.9. The molecule has 0 saturated heterocycles. The quantitative estimate of drug-likeness (QED) is 0.631. The van der Waals surface area contributed by atoms with Gasteiger partial charge in [0.25, 0.3) is 6.47 Å². The average Bonchev–Trinajstić information content (AvgIpc) is 2.88. The molecule has 1 aromatic carbocycles. The van der Waals surface area contributed by atoms with Gasteiger partial charge in [-0.1, -0.05) is 29.3 Å². The molecule has 6 heteroatoms. The Labute approximate surface area is 126 Å². The number of sulfonamides is 1. The Morgan fingerprint density at radius 1 is 1.24 bits per heavy atom. The molecule has 0 radical (unpaired) electrons. The van der Waals surface area contributed by atoms with Crippen molar-refractivity contribution in [2.75, 3.05) is 19.7 Å². The van der Waals surface area contributed by atoms with E-state index in [0.717, 1.165) is 11.1 Å².